The Hall–Kier alpha value is -2.05. The average molecular weight is 430 g/mol. The second kappa shape index (κ2) is 9.05. The molecule has 134 valence electrons. The fourth-order valence-corrected chi connectivity index (χ4v) is 3.57. The zero-order valence-electron chi connectivity index (χ0n) is 14.5. The van der Waals surface area contributed by atoms with E-state index in [1.807, 2.05) is 66.4 Å². The Labute approximate surface area is 166 Å². The normalized spacial score (nSPS) is 10.7. The van der Waals surface area contributed by atoms with E-state index in [2.05, 4.69) is 25.9 Å². The molecule has 4 nitrogen and oxygen atoms in total. The number of halogens is 1. The van der Waals surface area contributed by atoms with Gasteiger partial charge in [0, 0.05) is 17.6 Å². The first-order valence-electron chi connectivity index (χ1n) is 8.41. The first-order chi connectivity index (χ1) is 12.7. The van der Waals surface area contributed by atoms with Gasteiger partial charge < -0.3 is 9.88 Å². The zero-order valence-corrected chi connectivity index (χ0v) is 16.9. The number of H-pyrrole nitrogens is 1. The van der Waals surface area contributed by atoms with Crippen LogP contribution in [0, 0.1) is 0 Å². The molecule has 0 fully saturated rings. The Morgan fingerprint density at radius 1 is 1.15 bits per heavy atom. The molecule has 3 aromatic rings. The van der Waals surface area contributed by atoms with E-state index in [-0.39, 0.29) is 5.91 Å². The van der Waals surface area contributed by atoms with Gasteiger partial charge in [-0.3, -0.25) is 4.79 Å². The maximum atomic E-state index is 12.5. The fraction of sp³-hybridized carbons (Fsp3) is 0.200. The number of thioether (sulfide) groups is 1. The predicted octanol–water partition coefficient (Wildman–Crippen LogP) is 4.98. The van der Waals surface area contributed by atoms with Crippen molar-refractivity contribution in [2.45, 2.75) is 18.6 Å². The molecule has 0 spiro atoms. The van der Waals surface area contributed by atoms with E-state index in [0.29, 0.717) is 18.8 Å². The maximum Gasteiger partial charge on any atom is 0.233 e. The largest absolute Gasteiger partial charge is 0.338 e. The molecule has 26 heavy (non-hydrogen) atoms. The molecule has 2 aromatic carbocycles. The van der Waals surface area contributed by atoms with Gasteiger partial charge in [-0.25, -0.2) is 4.98 Å². The smallest absolute Gasteiger partial charge is 0.233 e. The molecule has 1 amide bonds. The monoisotopic (exact) mass is 429 g/mol. The van der Waals surface area contributed by atoms with Crippen molar-refractivity contribution in [3.63, 3.8) is 0 Å². The van der Waals surface area contributed by atoms with E-state index in [0.717, 1.165) is 26.4 Å². The van der Waals surface area contributed by atoms with Crippen LogP contribution < -0.4 is 0 Å². The third-order valence-electron chi connectivity index (χ3n) is 3.99. The lowest BCUT2D eigenvalue weighted by molar-refractivity contribution is -0.128. The Bertz CT molecular complexity index is 849. The number of nitrogens with zero attached hydrogens (tertiary/aromatic N) is 2. The molecule has 3 rings (SSSR count). The number of carbonyl (C=O) groups excluding carboxylic acids is 1. The van der Waals surface area contributed by atoms with Crippen LogP contribution in [0.5, 0.6) is 0 Å². The van der Waals surface area contributed by atoms with Crippen LogP contribution >= 0.6 is 27.7 Å². The maximum absolute atomic E-state index is 12.5. The number of aromatic amines is 1. The van der Waals surface area contributed by atoms with Gasteiger partial charge in [0.25, 0.3) is 0 Å². The van der Waals surface area contributed by atoms with Gasteiger partial charge in [0.1, 0.15) is 0 Å². The van der Waals surface area contributed by atoms with Crippen LogP contribution in [0.4, 0.5) is 0 Å². The lowest BCUT2D eigenvalue weighted by Gasteiger charge is -2.20. The standard InChI is InChI=1S/C20H20BrN3OS/c1-2-24(13-15-6-4-3-5-7-15)19(25)14-26-20-22-12-18(23-20)16-8-10-17(21)11-9-16/h3-12H,2,13-14H2,1H3,(H,22,23). The molecular weight excluding hydrogens is 410 g/mol. The molecule has 0 saturated heterocycles. The van der Waals surface area contributed by atoms with Crippen molar-refractivity contribution in [2.24, 2.45) is 0 Å². The molecule has 0 aliphatic carbocycles. The molecule has 0 bridgehead atoms. The number of aromatic nitrogens is 2. The van der Waals surface area contributed by atoms with Gasteiger partial charge in [-0.15, -0.1) is 0 Å². The number of hydrogen-bond acceptors (Lipinski definition) is 3. The minimum absolute atomic E-state index is 0.114. The molecule has 0 aliphatic heterocycles. The fourth-order valence-electron chi connectivity index (χ4n) is 2.55. The molecule has 0 atom stereocenters. The Balaban J connectivity index is 1.57. The van der Waals surface area contributed by atoms with Crippen LogP contribution in [-0.2, 0) is 11.3 Å². The molecule has 1 heterocycles. The SMILES string of the molecule is CCN(Cc1ccccc1)C(=O)CSc1ncc(-c2ccc(Br)cc2)[nH]1. The first-order valence-corrected chi connectivity index (χ1v) is 10.2. The second-order valence-corrected chi connectivity index (χ2v) is 7.67. The van der Waals surface area contributed by atoms with Gasteiger partial charge in [-0.1, -0.05) is 70.2 Å². The van der Waals surface area contributed by atoms with Crippen LogP contribution in [0.2, 0.25) is 0 Å². The van der Waals surface area contributed by atoms with Crippen LogP contribution in [0.25, 0.3) is 11.3 Å². The highest BCUT2D eigenvalue weighted by molar-refractivity contribution is 9.10. The Kier molecular flexibility index (Phi) is 6.52. The molecule has 0 unspecified atom stereocenters. The minimum atomic E-state index is 0.114. The molecule has 0 radical (unpaired) electrons. The van der Waals surface area contributed by atoms with Crippen molar-refractivity contribution in [1.29, 1.82) is 0 Å². The summed E-state index contributed by atoms with van der Waals surface area (Å²) >= 11 is 4.87. The summed E-state index contributed by atoms with van der Waals surface area (Å²) in [5.41, 5.74) is 3.16. The average Bonchev–Trinajstić information content (AvgIpc) is 3.14. The highest BCUT2D eigenvalue weighted by atomic mass is 79.9. The number of amides is 1. The van der Waals surface area contributed by atoms with Gasteiger partial charge in [0.2, 0.25) is 5.91 Å². The molecule has 1 N–H and O–H groups in total. The highest BCUT2D eigenvalue weighted by Gasteiger charge is 2.14. The molecule has 0 aliphatic rings. The van der Waals surface area contributed by atoms with Gasteiger partial charge in [-0.05, 0) is 30.2 Å². The van der Waals surface area contributed by atoms with E-state index in [9.17, 15) is 4.79 Å². The summed E-state index contributed by atoms with van der Waals surface area (Å²) in [5, 5.41) is 0.757. The first kappa shape index (κ1) is 18.7. The van der Waals surface area contributed by atoms with E-state index in [1.165, 1.54) is 11.8 Å². The zero-order chi connectivity index (χ0) is 18.4. The molecular formula is C20H20BrN3OS. The summed E-state index contributed by atoms with van der Waals surface area (Å²) in [7, 11) is 0. The molecule has 0 saturated carbocycles. The van der Waals surface area contributed by atoms with Crippen LogP contribution in [-0.4, -0.2) is 33.1 Å². The van der Waals surface area contributed by atoms with Crippen molar-refractivity contribution in [3.05, 3.63) is 70.8 Å². The van der Waals surface area contributed by atoms with Crippen molar-refractivity contribution in [2.75, 3.05) is 12.3 Å². The summed E-state index contributed by atoms with van der Waals surface area (Å²) in [6.45, 7) is 3.33. The summed E-state index contributed by atoms with van der Waals surface area (Å²) in [5.74, 6) is 0.483. The second-order valence-electron chi connectivity index (χ2n) is 5.79. The summed E-state index contributed by atoms with van der Waals surface area (Å²) < 4.78 is 1.04. The topological polar surface area (TPSA) is 49.0 Å². The Morgan fingerprint density at radius 2 is 1.88 bits per heavy atom. The minimum Gasteiger partial charge on any atom is -0.338 e. The van der Waals surface area contributed by atoms with Gasteiger partial charge in [0.05, 0.1) is 17.6 Å². The summed E-state index contributed by atoms with van der Waals surface area (Å²) in [6, 6.07) is 18.1. The van der Waals surface area contributed by atoms with Gasteiger partial charge in [-0.2, -0.15) is 0 Å². The van der Waals surface area contributed by atoms with E-state index < -0.39 is 0 Å². The number of imidazole rings is 1. The summed E-state index contributed by atoms with van der Waals surface area (Å²) in [4.78, 5) is 22.0. The highest BCUT2D eigenvalue weighted by Crippen LogP contribution is 2.23. The van der Waals surface area contributed by atoms with Crippen LogP contribution in [0.1, 0.15) is 12.5 Å². The quantitative estimate of drug-likeness (QED) is 0.538. The van der Waals surface area contributed by atoms with Gasteiger partial charge >= 0.3 is 0 Å². The number of nitrogens with one attached hydrogen (secondary N) is 1. The Morgan fingerprint density at radius 3 is 2.58 bits per heavy atom. The number of hydrogen-bond donors (Lipinski definition) is 1. The van der Waals surface area contributed by atoms with E-state index in [1.54, 1.807) is 6.20 Å². The molecule has 6 heteroatoms. The van der Waals surface area contributed by atoms with Crippen LogP contribution in [0.15, 0.2) is 70.4 Å². The van der Waals surface area contributed by atoms with E-state index in [4.69, 9.17) is 0 Å². The number of carbonyl (C=O) groups is 1. The molecule has 1 aromatic heterocycles. The van der Waals surface area contributed by atoms with Gasteiger partial charge in [0.15, 0.2) is 5.16 Å². The number of rotatable bonds is 7. The van der Waals surface area contributed by atoms with Crippen molar-refractivity contribution < 1.29 is 4.79 Å². The van der Waals surface area contributed by atoms with Crippen molar-refractivity contribution >= 4 is 33.6 Å². The summed E-state index contributed by atoms with van der Waals surface area (Å²) in [6.07, 6.45) is 1.80. The predicted molar refractivity (Wildman–Crippen MR) is 110 cm³/mol. The third-order valence-corrected chi connectivity index (χ3v) is 5.39. The lowest BCUT2D eigenvalue weighted by atomic mass is 10.2. The van der Waals surface area contributed by atoms with E-state index >= 15 is 0 Å². The third kappa shape index (κ3) is 4.99. The van der Waals surface area contributed by atoms with Crippen molar-refractivity contribution in [1.82, 2.24) is 14.9 Å². The van der Waals surface area contributed by atoms with Crippen LogP contribution in [0.3, 0.4) is 0 Å². The van der Waals surface area contributed by atoms with Crippen molar-refractivity contribution in [3.8, 4) is 11.3 Å². The lowest BCUT2D eigenvalue weighted by Crippen LogP contribution is -2.31. The number of benzene rings is 2.